The van der Waals surface area contributed by atoms with Crippen LogP contribution in [0.25, 0.3) is 0 Å². The number of fused-ring (bicyclic) bond motifs is 1. The number of hydrogen-bond acceptors (Lipinski definition) is 5. The normalized spacial score (nSPS) is 23.0. The second-order valence-electron chi connectivity index (χ2n) is 9.58. The highest BCUT2D eigenvalue weighted by molar-refractivity contribution is 6.30. The van der Waals surface area contributed by atoms with Crippen molar-refractivity contribution in [1.29, 1.82) is 0 Å². The highest BCUT2D eigenvalue weighted by Crippen LogP contribution is 2.44. The smallest absolute Gasteiger partial charge is 0.281 e. The minimum absolute atomic E-state index is 0.0453. The number of nitrogens with zero attached hydrogens (tertiary/aromatic N) is 3. The van der Waals surface area contributed by atoms with Crippen molar-refractivity contribution in [3.63, 3.8) is 0 Å². The van der Waals surface area contributed by atoms with Gasteiger partial charge in [0.2, 0.25) is 5.60 Å². The van der Waals surface area contributed by atoms with E-state index >= 15 is 0 Å². The van der Waals surface area contributed by atoms with Crippen molar-refractivity contribution in [2.75, 3.05) is 11.4 Å². The molecule has 1 unspecified atom stereocenters. The van der Waals surface area contributed by atoms with E-state index in [-0.39, 0.29) is 28.2 Å². The first kappa shape index (κ1) is 26.1. The number of aromatic nitrogens is 2. The molecule has 0 spiro atoms. The first-order valence-electron chi connectivity index (χ1n) is 12.2. The fraction of sp³-hybridized carbons (Fsp3) is 0.333. The van der Waals surface area contributed by atoms with Gasteiger partial charge < -0.3 is 15.3 Å². The number of alkyl halides is 2. The summed E-state index contributed by atoms with van der Waals surface area (Å²) in [4.78, 5) is 35.4. The zero-order chi connectivity index (χ0) is 27.0. The van der Waals surface area contributed by atoms with Gasteiger partial charge >= 0.3 is 0 Å². The molecule has 1 atom stereocenters. The predicted molar refractivity (Wildman–Crippen MR) is 133 cm³/mol. The molecule has 2 N–H and O–H groups in total. The van der Waals surface area contributed by atoms with E-state index in [1.165, 1.54) is 17.0 Å². The molecular weight excluding hydrogens is 521 g/mol. The number of anilines is 1. The number of para-hydroxylation sites is 1. The molecule has 3 heterocycles. The lowest BCUT2D eigenvalue weighted by atomic mass is 9.85. The third-order valence-electron chi connectivity index (χ3n) is 7.20. The molecule has 1 fully saturated rings. The van der Waals surface area contributed by atoms with Gasteiger partial charge in [0.1, 0.15) is 11.5 Å². The van der Waals surface area contributed by atoms with E-state index in [2.05, 4.69) is 15.3 Å². The van der Waals surface area contributed by atoms with Gasteiger partial charge in [-0.05, 0) is 55.9 Å². The van der Waals surface area contributed by atoms with Crippen molar-refractivity contribution < 1.29 is 27.9 Å². The lowest BCUT2D eigenvalue weighted by Crippen LogP contribution is -2.45. The topological polar surface area (TPSA) is 95.4 Å². The largest absolute Gasteiger partial charge is 0.370 e. The van der Waals surface area contributed by atoms with Gasteiger partial charge in [0.25, 0.3) is 18.2 Å². The molecular formula is C27H24ClF3N4O3. The Balaban J connectivity index is 1.26. The molecule has 198 valence electrons. The Bertz CT molecular complexity index is 1370. The van der Waals surface area contributed by atoms with Crippen LogP contribution >= 0.6 is 11.6 Å². The number of hydrogen-bond donors (Lipinski definition) is 2. The molecule has 7 nitrogen and oxygen atoms in total. The highest BCUT2D eigenvalue weighted by atomic mass is 35.5. The molecule has 0 saturated heterocycles. The first-order chi connectivity index (χ1) is 18.2. The van der Waals surface area contributed by atoms with Gasteiger partial charge in [-0.2, -0.15) is 0 Å². The molecule has 3 aromatic rings. The number of halogens is 4. The maximum atomic E-state index is 13.5. The summed E-state index contributed by atoms with van der Waals surface area (Å²) in [7, 11) is 0. The van der Waals surface area contributed by atoms with E-state index < -0.39 is 35.4 Å². The number of amides is 2. The van der Waals surface area contributed by atoms with Gasteiger partial charge in [0.15, 0.2) is 0 Å². The van der Waals surface area contributed by atoms with Gasteiger partial charge in [0, 0.05) is 24.3 Å². The quantitative estimate of drug-likeness (QED) is 0.466. The van der Waals surface area contributed by atoms with Gasteiger partial charge in [0.05, 0.1) is 28.2 Å². The van der Waals surface area contributed by atoms with Gasteiger partial charge in [-0.15, -0.1) is 0 Å². The molecule has 5 rings (SSSR count). The summed E-state index contributed by atoms with van der Waals surface area (Å²) in [6.07, 6.45) is 1.64. The van der Waals surface area contributed by atoms with Crippen LogP contribution < -0.4 is 10.2 Å². The van der Waals surface area contributed by atoms with Gasteiger partial charge in [-0.25, -0.2) is 13.2 Å². The summed E-state index contributed by atoms with van der Waals surface area (Å²) in [5, 5.41) is 14.4. The van der Waals surface area contributed by atoms with Crippen molar-refractivity contribution in [3.05, 3.63) is 88.2 Å². The second-order valence-corrected chi connectivity index (χ2v) is 10.0. The fourth-order valence-electron chi connectivity index (χ4n) is 5.27. The number of carbonyl (C=O) groups is 2. The summed E-state index contributed by atoms with van der Waals surface area (Å²) < 4.78 is 40.1. The van der Waals surface area contributed by atoms with Crippen molar-refractivity contribution >= 4 is 29.1 Å². The summed E-state index contributed by atoms with van der Waals surface area (Å²) >= 11 is 5.86. The fourth-order valence-corrected chi connectivity index (χ4v) is 5.43. The Morgan fingerprint density at radius 3 is 2.55 bits per heavy atom. The number of rotatable bonds is 6. The summed E-state index contributed by atoms with van der Waals surface area (Å²) in [5.74, 6) is -1.71. The molecule has 38 heavy (non-hydrogen) atoms. The Kier molecular flexibility index (Phi) is 7.11. The van der Waals surface area contributed by atoms with Crippen molar-refractivity contribution in [2.24, 2.45) is 5.92 Å². The predicted octanol–water partition coefficient (Wildman–Crippen LogP) is 4.78. The zero-order valence-corrected chi connectivity index (χ0v) is 20.8. The third kappa shape index (κ3) is 4.74. The number of carbonyl (C=O) groups excluding carboxylic acids is 2. The van der Waals surface area contributed by atoms with Crippen LogP contribution in [0, 0.1) is 11.7 Å². The van der Waals surface area contributed by atoms with Crippen molar-refractivity contribution in [3.8, 4) is 0 Å². The SMILES string of the molecule is O=C(NC1CCC(CN2C(=O)C(O)(c3ccc(F)cn3)c3ccccc32)CC1)c1cc(Cl)cnc1C(F)F. The molecule has 1 aromatic carbocycles. The first-order valence-corrected chi connectivity index (χ1v) is 12.6. The Morgan fingerprint density at radius 1 is 1.13 bits per heavy atom. The second kappa shape index (κ2) is 10.3. The lowest BCUT2D eigenvalue weighted by molar-refractivity contribution is -0.132. The van der Waals surface area contributed by atoms with E-state index in [0.717, 1.165) is 18.5 Å². The summed E-state index contributed by atoms with van der Waals surface area (Å²) in [6.45, 7) is 0.341. The van der Waals surface area contributed by atoms with Gasteiger partial charge in [-0.3, -0.25) is 19.6 Å². The highest BCUT2D eigenvalue weighted by Gasteiger charge is 2.52. The molecule has 1 aliphatic carbocycles. The maximum Gasteiger partial charge on any atom is 0.281 e. The van der Waals surface area contributed by atoms with Crippen LogP contribution in [0.3, 0.4) is 0 Å². The minimum Gasteiger partial charge on any atom is -0.370 e. The van der Waals surface area contributed by atoms with Gasteiger partial charge in [-0.1, -0.05) is 29.8 Å². The number of nitrogens with one attached hydrogen (secondary N) is 1. The molecule has 1 aliphatic heterocycles. The molecule has 0 radical (unpaired) electrons. The van der Waals surface area contributed by atoms with Crippen LogP contribution in [0.1, 0.15) is 59.4 Å². The van der Waals surface area contributed by atoms with Crippen LogP contribution in [-0.2, 0) is 10.4 Å². The summed E-state index contributed by atoms with van der Waals surface area (Å²) in [6, 6.07) is 10.3. The number of benzene rings is 1. The minimum atomic E-state index is -2.91. The Morgan fingerprint density at radius 2 is 1.87 bits per heavy atom. The van der Waals surface area contributed by atoms with Crippen LogP contribution in [0.15, 0.2) is 54.9 Å². The molecule has 2 amide bonds. The average molecular weight is 545 g/mol. The monoisotopic (exact) mass is 544 g/mol. The number of aliphatic hydroxyl groups is 1. The van der Waals surface area contributed by atoms with E-state index in [0.29, 0.717) is 43.5 Å². The standard InChI is InChI=1S/C27H24ClF3N4O3/c28-16-11-19(23(24(30)31)33-12-16)25(36)34-18-8-5-15(6-9-18)14-35-21-4-2-1-3-20(21)27(38,26(35)37)22-10-7-17(29)13-32-22/h1-4,7,10-13,15,18,24,38H,5-6,8-9,14H2,(H,34,36). The molecule has 2 aromatic heterocycles. The maximum absolute atomic E-state index is 13.5. The molecule has 11 heteroatoms. The molecule has 0 bridgehead atoms. The number of pyridine rings is 2. The van der Waals surface area contributed by atoms with Crippen LogP contribution in [0.4, 0.5) is 18.9 Å². The molecule has 2 aliphatic rings. The zero-order valence-electron chi connectivity index (χ0n) is 20.1. The van der Waals surface area contributed by atoms with E-state index in [4.69, 9.17) is 11.6 Å². The van der Waals surface area contributed by atoms with E-state index in [1.807, 2.05) is 0 Å². The molecule has 1 saturated carbocycles. The van der Waals surface area contributed by atoms with Crippen LogP contribution in [-0.4, -0.2) is 39.5 Å². The van der Waals surface area contributed by atoms with E-state index in [1.54, 1.807) is 24.3 Å². The Labute approximate surface area is 221 Å². The Hall–Kier alpha value is -3.50. The van der Waals surface area contributed by atoms with Crippen LogP contribution in [0.2, 0.25) is 5.02 Å². The van der Waals surface area contributed by atoms with Crippen LogP contribution in [0.5, 0.6) is 0 Å². The van der Waals surface area contributed by atoms with E-state index in [9.17, 15) is 27.9 Å². The lowest BCUT2D eigenvalue weighted by Gasteiger charge is -2.32. The average Bonchev–Trinajstić information content (AvgIpc) is 3.12. The van der Waals surface area contributed by atoms with Crippen molar-refractivity contribution in [2.45, 2.75) is 43.8 Å². The third-order valence-corrected chi connectivity index (χ3v) is 7.40. The summed E-state index contributed by atoms with van der Waals surface area (Å²) in [5.41, 5.74) is -1.89. The van der Waals surface area contributed by atoms with Crippen molar-refractivity contribution in [1.82, 2.24) is 15.3 Å².